The van der Waals surface area contributed by atoms with Gasteiger partial charge in [0, 0.05) is 54.6 Å². The summed E-state index contributed by atoms with van der Waals surface area (Å²) in [6, 6.07) is 43.0. The second kappa shape index (κ2) is 29.5. The van der Waals surface area contributed by atoms with Crippen LogP contribution in [0, 0.1) is 0 Å². The van der Waals surface area contributed by atoms with Crippen LogP contribution in [0.4, 0.5) is 0 Å². The molecule has 0 fully saturated rings. The Labute approximate surface area is 515 Å². The van der Waals surface area contributed by atoms with Gasteiger partial charge in [0.25, 0.3) is 23.6 Å². The standard InChI is InChI=1S/C66H60Cl2N2O14S2/c67-41-85-35-33-79-31-29-77-27-25-75-23-21-69-63(71)47-37-51(81-43-13-5-1-6-14-43)57-58-52(82-44-15-7-2-8-16-44)38-49-56-50(66(74)70(65(49)73)22-24-76-26-28-78-30-32-80-34-36-86-42-68)40-54(84-46-19-11-4-12-20-46)60(62(56)58)59-53(83-45-17-9-3-10-18-45)39-48(64(69)72)55(47)61(57)59/h1-20,37-40H,21-36,41-42H2. The Bertz CT molecular complexity index is 3370. The van der Waals surface area contributed by atoms with E-state index in [-0.39, 0.29) is 98.0 Å². The Morgan fingerprint density at radius 3 is 0.802 bits per heavy atom. The summed E-state index contributed by atoms with van der Waals surface area (Å²) >= 11 is 14.6. The van der Waals surface area contributed by atoms with E-state index in [0.29, 0.717) is 116 Å². The normalized spacial score (nSPS) is 13.1. The summed E-state index contributed by atoms with van der Waals surface area (Å²) in [6.45, 7) is 3.58. The molecule has 0 unspecified atom stereocenters. The topological polar surface area (TPSA) is 167 Å². The summed E-state index contributed by atoms with van der Waals surface area (Å²) in [7, 11) is 0. The van der Waals surface area contributed by atoms with E-state index in [2.05, 4.69) is 0 Å². The van der Waals surface area contributed by atoms with Crippen molar-refractivity contribution >= 4 is 113 Å². The molecule has 2 heterocycles. The number of fused-ring (bicyclic) bond motifs is 2. The molecule has 9 aromatic rings. The highest BCUT2D eigenvalue weighted by atomic mass is 35.5. The van der Waals surface area contributed by atoms with Crippen LogP contribution in [0.3, 0.4) is 0 Å². The molecule has 0 bridgehead atoms. The van der Waals surface area contributed by atoms with Crippen molar-refractivity contribution in [2.75, 3.05) is 114 Å². The molecular formula is C66H60Cl2N2O14S2. The number of thioether (sulfide) groups is 2. The van der Waals surface area contributed by atoms with Crippen molar-refractivity contribution in [2.45, 2.75) is 0 Å². The molecule has 0 aromatic heterocycles. The quantitative estimate of drug-likeness (QED) is 0.0123. The van der Waals surface area contributed by atoms with Gasteiger partial charge in [-0.2, -0.15) is 0 Å². The zero-order valence-electron chi connectivity index (χ0n) is 46.8. The lowest BCUT2D eigenvalue weighted by Crippen LogP contribution is -2.42. The fourth-order valence-corrected chi connectivity index (χ4v) is 11.9. The van der Waals surface area contributed by atoms with E-state index < -0.39 is 23.6 Å². The van der Waals surface area contributed by atoms with Gasteiger partial charge in [-0.3, -0.25) is 29.0 Å². The molecular weight excluding hydrogens is 1180 g/mol. The van der Waals surface area contributed by atoms with E-state index in [0.717, 1.165) is 11.5 Å². The summed E-state index contributed by atoms with van der Waals surface area (Å²) < 4.78 is 62.4. The number of rotatable bonds is 34. The third kappa shape index (κ3) is 13.5. The number of imide groups is 2. The van der Waals surface area contributed by atoms with Crippen LogP contribution in [-0.4, -0.2) is 148 Å². The molecule has 16 nitrogen and oxygen atoms in total. The van der Waals surface area contributed by atoms with Crippen molar-refractivity contribution in [3.8, 4) is 46.0 Å². The van der Waals surface area contributed by atoms with Crippen LogP contribution in [-0.2, 0) is 28.4 Å². The molecule has 9 aromatic carbocycles. The van der Waals surface area contributed by atoms with Gasteiger partial charge < -0.3 is 47.4 Å². The molecule has 11 rings (SSSR count). The summed E-state index contributed by atoms with van der Waals surface area (Å²) in [6.07, 6.45) is 0. The minimum atomic E-state index is -0.581. The predicted molar refractivity (Wildman–Crippen MR) is 336 cm³/mol. The number of ether oxygens (including phenoxy) is 10. The second-order valence-electron chi connectivity index (χ2n) is 19.6. The molecule has 0 aliphatic carbocycles. The number of nitrogens with zero attached hydrogens (tertiary/aromatic N) is 2. The largest absolute Gasteiger partial charge is 0.457 e. The smallest absolute Gasteiger partial charge is 0.261 e. The van der Waals surface area contributed by atoms with Crippen molar-refractivity contribution < 1.29 is 66.5 Å². The fourth-order valence-electron chi connectivity index (χ4n) is 10.5. The van der Waals surface area contributed by atoms with E-state index >= 15 is 19.2 Å². The molecule has 444 valence electrons. The van der Waals surface area contributed by atoms with Crippen LogP contribution in [0.5, 0.6) is 46.0 Å². The Balaban J connectivity index is 1.07. The average Bonchev–Trinajstić information content (AvgIpc) is 0.960. The van der Waals surface area contributed by atoms with Crippen LogP contribution >= 0.6 is 46.7 Å². The monoisotopic (exact) mass is 1240 g/mol. The van der Waals surface area contributed by atoms with E-state index in [9.17, 15) is 0 Å². The Hall–Kier alpha value is -7.20. The van der Waals surface area contributed by atoms with Gasteiger partial charge in [-0.05, 0) is 72.8 Å². The maximum absolute atomic E-state index is 15.3. The number of amides is 4. The molecule has 0 saturated heterocycles. The van der Waals surface area contributed by atoms with E-state index in [4.69, 9.17) is 70.6 Å². The number of carbonyl (C=O) groups is 4. The summed E-state index contributed by atoms with van der Waals surface area (Å²) in [4.78, 5) is 63.6. The Morgan fingerprint density at radius 2 is 0.547 bits per heavy atom. The number of alkyl halides is 2. The molecule has 86 heavy (non-hydrogen) atoms. The summed E-state index contributed by atoms with van der Waals surface area (Å²) in [5.41, 5.74) is 0.691. The molecule has 0 spiro atoms. The number of hydrogen-bond acceptors (Lipinski definition) is 16. The third-order valence-corrected chi connectivity index (χ3v) is 16.4. The first-order chi connectivity index (χ1) is 42.3. The fraction of sp³-hybridized carbons (Fsp3) is 0.273. The van der Waals surface area contributed by atoms with Crippen LogP contribution < -0.4 is 18.9 Å². The van der Waals surface area contributed by atoms with E-state index in [1.807, 2.05) is 72.8 Å². The highest BCUT2D eigenvalue weighted by Gasteiger charge is 2.41. The van der Waals surface area contributed by atoms with Crippen molar-refractivity contribution in [1.82, 2.24) is 9.80 Å². The first-order valence-corrected chi connectivity index (χ1v) is 31.5. The summed E-state index contributed by atoms with van der Waals surface area (Å²) in [5.74, 6) is 1.83. The van der Waals surface area contributed by atoms with Gasteiger partial charge in [-0.1, -0.05) is 72.8 Å². The van der Waals surface area contributed by atoms with Gasteiger partial charge >= 0.3 is 0 Å². The third-order valence-electron chi connectivity index (χ3n) is 14.3. The van der Waals surface area contributed by atoms with Crippen molar-refractivity contribution in [1.29, 1.82) is 0 Å². The highest BCUT2D eigenvalue weighted by molar-refractivity contribution is 8.00. The van der Waals surface area contributed by atoms with Gasteiger partial charge in [0.1, 0.15) is 46.0 Å². The molecule has 0 N–H and O–H groups in total. The molecule has 2 aliphatic rings. The van der Waals surface area contributed by atoms with Gasteiger partial charge in [-0.25, -0.2) is 0 Å². The van der Waals surface area contributed by atoms with Gasteiger partial charge in [0.15, 0.2) is 0 Å². The molecule has 0 atom stereocenters. The zero-order valence-corrected chi connectivity index (χ0v) is 49.9. The molecule has 0 radical (unpaired) electrons. The minimum Gasteiger partial charge on any atom is -0.457 e. The van der Waals surface area contributed by atoms with Crippen molar-refractivity contribution in [2.24, 2.45) is 0 Å². The molecule has 2 aliphatic heterocycles. The van der Waals surface area contributed by atoms with E-state index in [1.165, 1.54) is 9.80 Å². The second-order valence-corrected chi connectivity index (χ2v) is 23.0. The van der Waals surface area contributed by atoms with Gasteiger partial charge in [0.05, 0.1) is 125 Å². The first-order valence-electron chi connectivity index (χ1n) is 28.1. The number of para-hydroxylation sites is 4. The number of carbonyl (C=O) groups excluding carboxylic acids is 4. The highest BCUT2D eigenvalue weighted by Crippen LogP contribution is 2.58. The Morgan fingerprint density at radius 1 is 0.302 bits per heavy atom. The lowest BCUT2D eigenvalue weighted by atomic mass is 9.80. The van der Waals surface area contributed by atoms with E-state index in [1.54, 1.807) is 96.3 Å². The molecule has 0 saturated carbocycles. The number of benzene rings is 9. The minimum absolute atomic E-state index is 0.0198. The Kier molecular flexibility index (Phi) is 20.7. The lowest BCUT2D eigenvalue weighted by molar-refractivity contribution is 0.0130. The van der Waals surface area contributed by atoms with Crippen molar-refractivity contribution in [3.63, 3.8) is 0 Å². The average molecular weight is 1240 g/mol. The number of hydrogen-bond donors (Lipinski definition) is 0. The zero-order chi connectivity index (χ0) is 59.2. The summed E-state index contributed by atoms with van der Waals surface area (Å²) in [5, 5.41) is 4.10. The van der Waals surface area contributed by atoms with Crippen LogP contribution in [0.2, 0.25) is 0 Å². The maximum Gasteiger partial charge on any atom is 0.261 e. The predicted octanol–water partition coefficient (Wildman–Crippen LogP) is 14.1. The molecule has 20 heteroatoms. The van der Waals surface area contributed by atoms with Crippen LogP contribution in [0.25, 0.3) is 43.1 Å². The van der Waals surface area contributed by atoms with Gasteiger partial charge in [-0.15, -0.1) is 46.7 Å². The number of halogens is 2. The first kappa shape index (κ1) is 60.5. The van der Waals surface area contributed by atoms with Crippen molar-refractivity contribution in [3.05, 3.63) is 168 Å². The maximum atomic E-state index is 15.3. The molecule has 4 amide bonds. The SMILES string of the molecule is O=C1c2cc(Oc3ccccc3)c3c4c(Oc5ccccc5)cc5c6c(cc(Oc7ccccc7)c(c7c(Oc8ccccc8)cc(c2c37)C(=O)N1CCOCCOCCOCCSCCl)c64)C(=O)N(CCOCCOCCOCCSCCl)C5=O. The van der Waals surface area contributed by atoms with Crippen LogP contribution in [0.15, 0.2) is 146 Å². The van der Waals surface area contributed by atoms with Gasteiger partial charge in [0.2, 0.25) is 0 Å². The lowest BCUT2D eigenvalue weighted by Gasteiger charge is -2.32. The van der Waals surface area contributed by atoms with Crippen LogP contribution in [0.1, 0.15) is 41.4 Å².